The van der Waals surface area contributed by atoms with Crippen molar-refractivity contribution in [1.29, 1.82) is 0 Å². The highest BCUT2D eigenvalue weighted by atomic mass is 32.2. The number of carbonyl (C=O) groups is 5. The van der Waals surface area contributed by atoms with Crippen LogP contribution in [0.25, 0.3) is 11.3 Å². The molecule has 0 bridgehead atoms. The van der Waals surface area contributed by atoms with E-state index in [4.69, 9.17) is 28.7 Å². The van der Waals surface area contributed by atoms with Gasteiger partial charge in [-0.25, -0.2) is 18.2 Å². The van der Waals surface area contributed by atoms with E-state index in [0.717, 1.165) is 28.7 Å². The predicted molar refractivity (Wildman–Crippen MR) is 255 cm³/mol. The van der Waals surface area contributed by atoms with Gasteiger partial charge >= 0.3 is 0 Å². The first-order valence-electron chi connectivity index (χ1n) is 24.0. The number of hydrogen-bond acceptors (Lipinski definition) is 13. The fraction of sp³-hybridized carbons (Fsp3) is 0.560. The number of carbonyl (C=O) groups excluding carboxylic acids is 5. The van der Waals surface area contributed by atoms with Gasteiger partial charge in [0.2, 0.25) is 11.8 Å². The minimum atomic E-state index is -1.12. The van der Waals surface area contributed by atoms with E-state index < -0.39 is 41.5 Å². The number of amides is 4. The summed E-state index contributed by atoms with van der Waals surface area (Å²) in [5.41, 5.74) is 1.24. The lowest BCUT2D eigenvalue weighted by Gasteiger charge is -2.36. The Morgan fingerprint density at radius 2 is 1.49 bits per heavy atom. The van der Waals surface area contributed by atoms with Crippen molar-refractivity contribution < 1.29 is 60.8 Å². The zero-order valence-corrected chi connectivity index (χ0v) is 40.3. The Kier molecular flexibility index (Phi) is 22.8. The van der Waals surface area contributed by atoms with Crippen LogP contribution in [0.2, 0.25) is 0 Å². The fourth-order valence-corrected chi connectivity index (χ4v) is 9.54. The van der Waals surface area contributed by atoms with Gasteiger partial charge in [-0.2, -0.15) is 11.8 Å². The summed E-state index contributed by atoms with van der Waals surface area (Å²) in [4.78, 5) is 68.2. The van der Waals surface area contributed by atoms with Crippen molar-refractivity contribution in [2.24, 2.45) is 17.8 Å². The third kappa shape index (κ3) is 17.4. The molecule has 1 aromatic heterocycles. The number of aromatic nitrogens is 2. The number of hydrogen-bond donors (Lipinski definition) is 3. The van der Waals surface area contributed by atoms with Crippen LogP contribution < -0.4 is 16.0 Å². The molecule has 3 aromatic rings. The maximum Gasteiger partial charge on any atom is 0.253 e. The number of ketones is 1. The molecule has 0 saturated carbocycles. The largest absolute Gasteiger partial charge is 0.381 e. The molecule has 2 saturated heterocycles. The van der Waals surface area contributed by atoms with Gasteiger partial charge in [0, 0.05) is 113 Å². The predicted octanol–water partition coefficient (Wildman–Crippen LogP) is 4.26. The van der Waals surface area contributed by atoms with Crippen LogP contribution in [0.3, 0.4) is 0 Å². The van der Waals surface area contributed by atoms with Crippen molar-refractivity contribution in [2.75, 3.05) is 110 Å². The molecule has 382 valence electrons. The molecule has 70 heavy (non-hydrogen) atoms. The number of thioether (sulfide) groups is 1. The van der Waals surface area contributed by atoms with Gasteiger partial charge in [-0.15, -0.1) is 0 Å². The van der Waals surface area contributed by atoms with Gasteiger partial charge in [-0.05, 0) is 48.9 Å². The second kappa shape index (κ2) is 29.4. The zero-order valence-electron chi connectivity index (χ0n) is 39.5. The van der Waals surface area contributed by atoms with Crippen molar-refractivity contribution in [2.45, 2.75) is 50.7 Å². The van der Waals surface area contributed by atoms with E-state index in [0.29, 0.717) is 103 Å². The van der Waals surface area contributed by atoms with E-state index >= 15 is 8.78 Å². The van der Waals surface area contributed by atoms with Gasteiger partial charge in [-0.1, -0.05) is 30.3 Å². The molecule has 0 radical (unpaired) electrons. The smallest absolute Gasteiger partial charge is 0.253 e. The van der Waals surface area contributed by atoms with Crippen LogP contribution >= 0.6 is 11.8 Å². The number of nitrogens with zero attached hydrogens (tertiary/aromatic N) is 3. The van der Waals surface area contributed by atoms with Crippen LogP contribution in [-0.4, -0.2) is 160 Å². The molecule has 3 N–H and O–H groups in total. The topological polar surface area (TPSA) is 189 Å². The number of Topliss-reactive ketones (excluding diaryl/α,β-unsaturated/α-hetero) is 1. The summed E-state index contributed by atoms with van der Waals surface area (Å²) < 4.78 is 74.8. The first-order valence-corrected chi connectivity index (χ1v) is 25.2. The zero-order chi connectivity index (χ0) is 49.5. The Morgan fingerprint density at radius 1 is 0.829 bits per heavy atom. The number of imide groups is 1. The first-order chi connectivity index (χ1) is 34.1. The van der Waals surface area contributed by atoms with Crippen LogP contribution in [0.1, 0.15) is 49.4 Å². The molecule has 3 aliphatic rings. The molecule has 0 spiro atoms. The summed E-state index contributed by atoms with van der Waals surface area (Å²) in [5, 5.41) is 8.69. The number of nitrogens with one attached hydrogen (secondary N) is 3. The molecule has 2 fully saturated rings. The normalized spacial score (nSPS) is 18.1. The Hall–Kier alpha value is -4.96. The lowest BCUT2D eigenvalue weighted by Crippen LogP contribution is -2.36. The number of benzene rings is 2. The average molecular weight is 999 g/mol. The first kappa shape index (κ1) is 54.4. The highest BCUT2D eigenvalue weighted by Crippen LogP contribution is 2.43. The molecular weight excluding hydrogens is 934 g/mol. The van der Waals surface area contributed by atoms with Crippen molar-refractivity contribution in [3.63, 3.8) is 0 Å². The number of alkyl halides is 1. The molecular formula is C50H65F3N6O10S. The van der Waals surface area contributed by atoms with Crippen LogP contribution in [0.5, 0.6) is 0 Å². The van der Waals surface area contributed by atoms with E-state index in [1.807, 2.05) is 34.9 Å². The molecule has 16 nitrogen and oxygen atoms in total. The summed E-state index contributed by atoms with van der Waals surface area (Å²) in [6, 6.07) is 13.0. The number of imidazole rings is 1. The van der Waals surface area contributed by atoms with Gasteiger partial charge in [0.1, 0.15) is 29.4 Å². The van der Waals surface area contributed by atoms with Gasteiger partial charge in [0.05, 0.1) is 64.3 Å². The highest BCUT2D eigenvalue weighted by molar-refractivity contribution is 7.99. The molecule has 4 atom stereocenters. The maximum absolute atomic E-state index is 15.4. The van der Waals surface area contributed by atoms with Gasteiger partial charge in [-0.3, -0.25) is 28.9 Å². The number of rotatable bonds is 32. The highest BCUT2D eigenvalue weighted by Gasteiger charge is 2.42. The summed E-state index contributed by atoms with van der Waals surface area (Å²) in [7, 11) is 0. The SMILES string of the molecule is O=C(CCOCCOCCOCCOCCNC(=O)CCN1C(=O)C=CC1=O)NCCSCC(=O)C(C[C@@H]1CNC[C@@H]1F)C(c1nc(-c2cc(F)ccc2F)cn1Cc1ccccc1)C1CCOCC1. The second-order valence-corrected chi connectivity index (χ2v) is 18.4. The number of ether oxygens (including phenoxy) is 5. The van der Waals surface area contributed by atoms with E-state index in [9.17, 15) is 28.4 Å². The third-order valence-corrected chi connectivity index (χ3v) is 13.4. The summed E-state index contributed by atoms with van der Waals surface area (Å²) in [6.45, 7) is 5.16. The number of halogens is 3. The third-order valence-electron chi connectivity index (χ3n) is 12.4. The Morgan fingerprint density at radius 3 is 2.17 bits per heavy atom. The molecule has 2 unspecified atom stereocenters. The molecule has 0 aliphatic carbocycles. The van der Waals surface area contributed by atoms with E-state index in [1.54, 1.807) is 6.20 Å². The van der Waals surface area contributed by atoms with Gasteiger partial charge in [0.25, 0.3) is 11.8 Å². The van der Waals surface area contributed by atoms with E-state index in [1.165, 1.54) is 23.9 Å². The van der Waals surface area contributed by atoms with E-state index in [2.05, 4.69) is 16.0 Å². The molecule has 4 amide bonds. The van der Waals surface area contributed by atoms with Gasteiger partial charge < -0.3 is 44.2 Å². The minimum absolute atomic E-state index is 0.0179. The van der Waals surface area contributed by atoms with Crippen molar-refractivity contribution in [3.8, 4) is 11.3 Å². The van der Waals surface area contributed by atoms with Crippen molar-refractivity contribution in [3.05, 3.63) is 89.9 Å². The monoisotopic (exact) mass is 998 g/mol. The average Bonchev–Trinajstić information content (AvgIpc) is 4.06. The van der Waals surface area contributed by atoms with Gasteiger partial charge in [0.15, 0.2) is 0 Å². The van der Waals surface area contributed by atoms with Crippen LogP contribution in [-0.2, 0) is 54.2 Å². The Labute approximate surface area is 411 Å². The van der Waals surface area contributed by atoms with Crippen LogP contribution in [0.4, 0.5) is 13.2 Å². The van der Waals surface area contributed by atoms with Crippen LogP contribution in [0.15, 0.2) is 66.9 Å². The Bertz CT molecular complexity index is 2160. The minimum Gasteiger partial charge on any atom is -0.381 e. The molecule has 3 aliphatic heterocycles. The molecule has 6 rings (SSSR count). The summed E-state index contributed by atoms with van der Waals surface area (Å²) in [5.74, 6) is -2.88. The van der Waals surface area contributed by atoms with Crippen LogP contribution in [0, 0.1) is 29.4 Å². The molecule has 2 aromatic carbocycles. The summed E-state index contributed by atoms with van der Waals surface area (Å²) >= 11 is 1.40. The lowest BCUT2D eigenvalue weighted by molar-refractivity contribution is -0.137. The lowest BCUT2D eigenvalue weighted by atomic mass is 9.72. The maximum atomic E-state index is 15.4. The quantitative estimate of drug-likeness (QED) is 0.0596. The summed E-state index contributed by atoms with van der Waals surface area (Å²) in [6.07, 6.45) is 4.75. The van der Waals surface area contributed by atoms with Crippen molar-refractivity contribution in [1.82, 2.24) is 30.4 Å². The fourth-order valence-electron chi connectivity index (χ4n) is 8.73. The second-order valence-electron chi connectivity index (χ2n) is 17.3. The Balaban J connectivity index is 0.893. The van der Waals surface area contributed by atoms with Crippen molar-refractivity contribution >= 4 is 41.2 Å². The molecule has 4 heterocycles. The molecule has 20 heteroatoms. The standard InChI is InChI=1S/C50H65F3N6O10S/c51-38-6-7-41(52)39(29-38)43-33-58(32-35-4-2-1-3-5-35)50(57-43)49(36-11-17-65-18-12-36)40(28-37-30-54-31-42(37)53)44(60)34-70-27-15-56-46(62)13-19-66-21-23-68-25-26-69-24-22-67-20-14-55-45(61)10-16-59-47(63)8-9-48(59)64/h1-9,29,33,36-37,40,42,49,54H,10-28,30-32,34H2,(H,55,61)(H,56,62)/t37-,40?,42+,49?/m1/s1. The van der Waals surface area contributed by atoms with E-state index in [-0.39, 0.29) is 92.1 Å².